The number of carbonyl (C=O) groups excluding carboxylic acids is 1. The van der Waals surface area contributed by atoms with E-state index in [9.17, 15) is 4.79 Å². The van der Waals surface area contributed by atoms with Gasteiger partial charge in [0.2, 0.25) is 5.91 Å². The van der Waals surface area contributed by atoms with E-state index in [1.54, 1.807) is 0 Å². The number of nitrogens with zero attached hydrogens (tertiary/aromatic N) is 1. The highest BCUT2D eigenvalue weighted by molar-refractivity contribution is 5.78. The van der Waals surface area contributed by atoms with Crippen LogP contribution in [0.4, 0.5) is 0 Å². The fourth-order valence-corrected chi connectivity index (χ4v) is 2.80. The first kappa shape index (κ1) is 15.5. The Balaban J connectivity index is 2.50. The maximum Gasteiger partial charge on any atom is 0.225 e. The van der Waals surface area contributed by atoms with Crippen molar-refractivity contribution in [1.29, 1.82) is 0 Å². The summed E-state index contributed by atoms with van der Waals surface area (Å²) in [5.41, 5.74) is 5.76. The van der Waals surface area contributed by atoms with Crippen molar-refractivity contribution in [2.45, 2.75) is 58.8 Å². The summed E-state index contributed by atoms with van der Waals surface area (Å²) < 4.78 is 0. The minimum absolute atomic E-state index is 0.0199. The first-order valence-electron chi connectivity index (χ1n) is 7.41. The highest BCUT2D eigenvalue weighted by atomic mass is 16.2. The van der Waals surface area contributed by atoms with Gasteiger partial charge in [-0.15, -0.1) is 0 Å². The highest BCUT2D eigenvalue weighted by Gasteiger charge is 2.26. The summed E-state index contributed by atoms with van der Waals surface area (Å²) in [6, 6.07) is 0. The van der Waals surface area contributed by atoms with E-state index < -0.39 is 0 Å². The zero-order chi connectivity index (χ0) is 13.6. The minimum atomic E-state index is 0.0199. The van der Waals surface area contributed by atoms with Crippen LogP contribution in [0.2, 0.25) is 0 Å². The molecular formula is C15H30N2O. The molecule has 0 unspecified atom stereocenters. The molecule has 0 aromatic carbocycles. The third kappa shape index (κ3) is 4.97. The van der Waals surface area contributed by atoms with Gasteiger partial charge in [-0.2, -0.15) is 0 Å². The van der Waals surface area contributed by atoms with E-state index in [0.29, 0.717) is 12.5 Å². The van der Waals surface area contributed by atoms with E-state index >= 15 is 0 Å². The van der Waals surface area contributed by atoms with Crippen molar-refractivity contribution in [3.8, 4) is 0 Å². The molecule has 0 heterocycles. The van der Waals surface area contributed by atoms with Gasteiger partial charge in [0.15, 0.2) is 0 Å². The summed E-state index contributed by atoms with van der Waals surface area (Å²) in [4.78, 5) is 14.3. The van der Waals surface area contributed by atoms with Gasteiger partial charge in [0, 0.05) is 19.5 Å². The molecule has 1 fully saturated rings. The summed E-state index contributed by atoms with van der Waals surface area (Å²) in [5, 5.41) is 0. The molecule has 0 atom stereocenters. The number of rotatable bonds is 4. The van der Waals surface area contributed by atoms with Crippen molar-refractivity contribution in [2.75, 3.05) is 20.1 Å². The van der Waals surface area contributed by atoms with Crippen LogP contribution in [-0.2, 0) is 4.79 Å². The maximum atomic E-state index is 12.4. The largest absolute Gasteiger partial charge is 0.345 e. The zero-order valence-electron chi connectivity index (χ0n) is 12.4. The van der Waals surface area contributed by atoms with Gasteiger partial charge in [-0.05, 0) is 24.8 Å². The van der Waals surface area contributed by atoms with Crippen LogP contribution in [0.5, 0.6) is 0 Å². The predicted molar refractivity (Wildman–Crippen MR) is 76.3 cm³/mol. The minimum Gasteiger partial charge on any atom is -0.345 e. The van der Waals surface area contributed by atoms with Crippen LogP contribution in [0.15, 0.2) is 0 Å². The molecule has 0 aliphatic heterocycles. The number of carbonyl (C=O) groups is 1. The van der Waals surface area contributed by atoms with E-state index in [2.05, 4.69) is 13.8 Å². The predicted octanol–water partition coefficient (Wildman–Crippen LogP) is 2.79. The smallest absolute Gasteiger partial charge is 0.225 e. The molecule has 1 aliphatic carbocycles. The molecule has 0 spiro atoms. The normalized spacial score (nSPS) is 19.1. The Kier molecular flexibility index (Phi) is 6.13. The number of hydrogen-bond donors (Lipinski definition) is 1. The van der Waals surface area contributed by atoms with Crippen molar-refractivity contribution in [1.82, 2.24) is 4.90 Å². The molecule has 3 nitrogen and oxygen atoms in total. The molecule has 0 radical (unpaired) electrons. The molecule has 1 saturated carbocycles. The second kappa shape index (κ2) is 7.13. The lowest BCUT2D eigenvalue weighted by atomic mass is 9.88. The summed E-state index contributed by atoms with van der Waals surface area (Å²) >= 11 is 0. The Hall–Kier alpha value is -0.570. The van der Waals surface area contributed by atoms with Gasteiger partial charge in [-0.1, -0.05) is 46.0 Å². The highest BCUT2D eigenvalue weighted by Crippen LogP contribution is 2.25. The lowest BCUT2D eigenvalue weighted by Gasteiger charge is -2.32. The molecule has 106 valence electrons. The Bertz CT molecular complexity index is 255. The average Bonchev–Trinajstić information content (AvgIpc) is 2.27. The van der Waals surface area contributed by atoms with E-state index in [0.717, 1.165) is 19.4 Å². The van der Waals surface area contributed by atoms with E-state index in [1.807, 2.05) is 11.9 Å². The van der Waals surface area contributed by atoms with Crippen molar-refractivity contribution in [3.63, 3.8) is 0 Å². The number of amides is 1. The molecule has 0 aromatic heterocycles. The molecule has 0 aromatic rings. The van der Waals surface area contributed by atoms with Gasteiger partial charge < -0.3 is 10.6 Å². The first-order chi connectivity index (χ1) is 8.46. The topological polar surface area (TPSA) is 46.3 Å². The quantitative estimate of drug-likeness (QED) is 0.838. The Morgan fingerprint density at radius 3 is 2.17 bits per heavy atom. The third-order valence-electron chi connectivity index (χ3n) is 4.05. The van der Waals surface area contributed by atoms with Crippen LogP contribution in [0.3, 0.4) is 0 Å². The molecule has 3 heteroatoms. The molecule has 1 rings (SSSR count). The lowest BCUT2D eigenvalue weighted by Crippen LogP contribution is -2.42. The molecular weight excluding hydrogens is 224 g/mol. The molecule has 18 heavy (non-hydrogen) atoms. The van der Waals surface area contributed by atoms with E-state index in [1.165, 1.54) is 32.1 Å². The SMILES string of the molecule is CN(CC(C)(C)CN)C(=O)C1CCCCCCC1. The second-order valence-electron chi connectivity index (χ2n) is 6.60. The van der Waals surface area contributed by atoms with Crippen molar-refractivity contribution < 1.29 is 4.79 Å². The van der Waals surface area contributed by atoms with Crippen molar-refractivity contribution >= 4 is 5.91 Å². The van der Waals surface area contributed by atoms with Crippen LogP contribution in [0, 0.1) is 11.3 Å². The zero-order valence-corrected chi connectivity index (χ0v) is 12.4. The van der Waals surface area contributed by atoms with Crippen LogP contribution in [-0.4, -0.2) is 30.9 Å². The monoisotopic (exact) mass is 254 g/mol. The van der Waals surface area contributed by atoms with Crippen molar-refractivity contribution in [2.24, 2.45) is 17.1 Å². The summed E-state index contributed by atoms with van der Waals surface area (Å²) in [6.45, 7) is 5.62. The van der Waals surface area contributed by atoms with E-state index in [4.69, 9.17) is 5.73 Å². The van der Waals surface area contributed by atoms with Gasteiger partial charge in [-0.3, -0.25) is 4.79 Å². The fourth-order valence-electron chi connectivity index (χ4n) is 2.80. The number of nitrogens with two attached hydrogens (primary N) is 1. The Morgan fingerprint density at radius 2 is 1.67 bits per heavy atom. The standard InChI is InChI=1S/C15H30N2O/c1-15(2,11-16)12-17(3)14(18)13-9-7-5-4-6-8-10-13/h13H,4-12,16H2,1-3H3. The molecule has 1 amide bonds. The Morgan fingerprint density at radius 1 is 1.17 bits per heavy atom. The second-order valence-corrected chi connectivity index (χ2v) is 6.60. The fraction of sp³-hybridized carbons (Fsp3) is 0.933. The van der Waals surface area contributed by atoms with Gasteiger partial charge in [0.25, 0.3) is 0 Å². The van der Waals surface area contributed by atoms with Gasteiger partial charge >= 0.3 is 0 Å². The third-order valence-corrected chi connectivity index (χ3v) is 4.05. The van der Waals surface area contributed by atoms with E-state index in [-0.39, 0.29) is 11.3 Å². The average molecular weight is 254 g/mol. The van der Waals surface area contributed by atoms with Gasteiger partial charge in [0.1, 0.15) is 0 Å². The summed E-state index contributed by atoms with van der Waals surface area (Å²) in [6.07, 6.45) is 8.51. The van der Waals surface area contributed by atoms with Crippen LogP contribution >= 0.6 is 0 Å². The van der Waals surface area contributed by atoms with Crippen LogP contribution < -0.4 is 5.73 Å². The van der Waals surface area contributed by atoms with Gasteiger partial charge in [-0.25, -0.2) is 0 Å². The molecule has 0 saturated heterocycles. The summed E-state index contributed by atoms with van der Waals surface area (Å²) in [5.74, 6) is 0.585. The molecule has 2 N–H and O–H groups in total. The van der Waals surface area contributed by atoms with Gasteiger partial charge in [0.05, 0.1) is 0 Å². The lowest BCUT2D eigenvalue weighted by molar-refractivity contribution is -0.136. The number of hydrogen-bond acceptors (Lipinski definition) is 2. The molecule has 1 aliphatic rings. The first-order valence-corrected chi connectivity index (χ1v) is 7.41. The van der Waals surface area contributed by atoms with Crippen molar-refractivity contribution in [3.05, 3.63) is 0 Å². The summed E-state index contributed by atoms with van der Waals surface area (Å²) in [7, 11) is 1.93. The van der Waals surface area contributed by atoms with Crippen LogP contribution in [0.1, 0.15) is 58.8 Å². The van der Waals surface area contributed by atoms with Crippen LogP contribution in [0.25, 0.3) is 0 Å². The maximum absolute atomic E-state index is 12.4. The Labute approximate surface area is 112 Å². The molecule has 0 bridgehead atoms.